The maximum absolute atomic E-state index is 13.7. The molecule has 4 fully saturated rings. The van der Waals surface area contributed by atoms with Crippen LogP contribution in [0.25, 0.3) is 0 Å². The molecule has 272 valence electrons. The number of carbonyl (C=O) groups is 3. The lowest BCUT2D eigenvalue weighted by molar-refractivity contribution is -0.176. The van der Waals surface area contributed by atoms with Gasteiger partial charge in [-0.05, 0) is 123 Å². The Bertz CT molecular complexity index is 1500. The van der Waals surface area contributed by atoms with Gasteiger partial charge in [-0.2, -0.15) is 0 Å². The van der Waals surface area contributed by atoms with Gasteiger partial charge < -0.3 is 18.9 Å². The van der Waals surface area contributed by atoms with Gasteiger partial charge in [0.05, 0.1) is 11.1 Å². The zero-order chi connectivity index (χ0) is 35.6. The third kappa shape index (κ3) is 6.83. The SMILES string of the molecule is COC(OC)c1ccc(C(=O)O[C@@H]2CC[C@@]3(C)[C@H](CC[C@@H]4[C@@H]3C[C@H](OC(=O)c3ccncc3)[C@]3(C)[C@@H]([C@H](C)CCC(=O)NN)CC[C@@H]43)C2)cc1. The lowest BCUT2D eigenvalue weighted by atomic mass is 9.43. The van der Waals surface area contributed by atoms with Crippen molar-refractivity contribution in [3.8, 4) is 0 Å². The van der Waals surface area contributed by atoms with E-state index in [4.69, 9.17) is 24.8 Å². The van der Waals surface area contributed by atoms with Crippen molar-refractivity contribution in [2.75, 3.05) is 14.2 Å². The van der Waals surface area contributed by atoms with Crippen molar-refractivity contribution in [2.24, 2.45) is 52.2 Å². The Hall–Kier alpha value is -3.34. The number of carbonyl (C=O) groups excluding carboxylic acids is 3. The van der Waals surface area contributed by atoms with Gasteiger partial charge in [-0.25, -0.2) is 15.4 Å². The summed E-state index contributed by atoms with van der Waals surface area (Å²) < 4.78 is 23.4. The first-order valence-electron chi connectivity index (χ1n) is 18.5. The van der Waals surface area contributed by atoms with Gasteiger partial charge in [-0.3, -0.25) is 15.2 Å². The second-order valence-electron chi connectivity index (χ2n) is 15.9. The van der Waals surface area contributed by atoms with E-state index in [0.717, 1.165) is 63.4 Å². The molecular weight excluding hydrogens is 634 g/mol. The van der Waals surface area contributed by atoms with Crippen LogP contribution < -0.4 is 11.3 Å². The molecule has 4 saturated carbocycles. The Labute approximate surface area is 296 Å². The van der Waals surface area contributed by atoms with Crippen molar-refractivity contribution in [1.29, 1.82) is 0 Å². The fourth-order valence-electron chi connectivity index (χ4n) is 11.1. The number of nitrogens with two attached hydrogens (primary N) is 1. The van der Waals surface area contributed by atoms with E-state index in [2.05, 4.69) is 31.2 Å². The largest absolute Gasteiger partial charge is 0.459 e. The van der Waals surface area contributed by atoms with Crippen molar-refractivity contribution in [3.05, 3.63) is 65.5 Å². The van der Waals surface area contributed by atoms with Gasteiger partial charge in [0.1, 0.15) is 12.2 Å². The summed E-state index contributed by atoms with van der Waals surface area (Å²) in [5, 5.41) is 0. The molecule has 50 heavy (non-hydrogen) atoms. The highest BCUT2D eigenvalue weighted by molar-refractivity contribution is 5.90. The fraction of sp³-hybridized carbons (Fsp3) is 0.650. The van der Waals surface area contributed by atoms with Crippen LogP contribution in [0.15, 0.2) is 48.8 Å². The van der Waals surface area contributed by atoms with Crippen LogP contribution in [-0.2, 0) is 23.7 Å². The highest BCUT2D eigenvalue weighted by atomic mass is 16.7. The summed E-state index contributed by atoms with van der Waals surface area (Å²) in [7, 11) is 3.17. The summed E-state index contributed by atoms with van der Waals surface area (Å²) >= 11 is 0. The molecular formula is C40H55N3O7. The van der Waals surface area contributed by atoms with E-state index in [0.29, 0.717) is 47.1 Å². The van der Waals surface area contributed by atoms with E-state index in [9.17, 15) is 14.4 Å². The second-order valence-corrected chi connectivity index (χ2v) is 15.9. The molecule has 1 amide bonds. The lowest BCUT2D eigenvalue weighted by Crippen LogP contribution is -2.59. The van der Waals surface area contributed by atoms with Gasteiger partial charge in [0.25, 0.3) is 0 Å². The Kier molecular flexibility index (Phi) is 11.0. The number of esters is 2. The van der Waals surface area contributed by atoms with E-state index in [-0.39, 0.29) is 46.8 Å². The third-order valence-corrected chi connectivity index (χ3v) is 13.7. The van der Waals surface area contributed by atoms with Gasteiger partial charge in [0, 0.05) is 44.0 Å². The fourth-order valence-corrected chi connectivity index (χ4v) is 11.1. The lowest BCUT2D eigenvalue weighted by Gasteiger charge is -2.62. The topological polar surface area (TPSA) is 139 Å². The number of rotatable bonds is 11. The number of methoxy groups -OCH3 is 2. The summed E-state index contributed by atoms with van der Waals surface area (Å²) in [6.45, 7) is 7.08. The molecule has 0 aliphatic heterocycles. The normalized spacial score (nSPS) is 33.8. The number of nitrogens with one attached hydrogen (secondary N) is 1. The average Bonchev–Trinajstić information content (AvgIpc) is 3.50. The molecule has 0 radical (unpaired) electrons. The highest BCUT2D eigenvalue weighted by Crippen LogP contribution is 2.69. The minimum absolute atomic E-state index is 0.0639. The van der Waals surface area contributed by atoms with Crippen LogP contribution >= 0.6 is 0 Å². The van der Waals surface area contributed by atoms with E-state index in [1.165, 1.54) is 0 Å². The van der Waals surface area contributed by atoms with Crippen LogP contribution in [0.2, 0.25) is 0 Å². The zero-order valence-electron chi connectivity index (χ0n) is 30.3. The predicted octanol–water partition coefficient (Wildman–Crippen LogP) is 6.80. The molecule has 4 aliphatic rings. The van der Waals surface area contributed by atoms with Crippen molar-refractivity contribution in [2.45, 2.75) is 103 Å². The van der Waals surface area contributed by atoms with Gasteiger partial charge in [0.2, 0.25) is 5.91 Å². The number of fused-ring (bicyclic) bond motifs is 5. The predicted molar refractivity (Wildman–Crippen MR) is 187 cm³/mol. The minimum Gasteiger partial charge on any atom is -0.459 e. The molecule has 6 rings (SSSR count). The van der Waals surface area contributed by atoms with Crippen molar-refractivity contribution in [3.63, 3.8) is 0 Å². The Morgan fingerprint density at radius 1 is 0.880 bits per heavy atom. The van der Waals surface area contributed by atoms with Gasteiger partial charge in [-0.15, -0.1) is 0 Å². The van der Waals surface area contributed by atoms with E-state index < -0.39 is 6.29 Å². The van der Waals surface area contributed by atoms with E-state index in [1.807, 2.05) is 12.1 Å². The molecule has 0 spiro atoms. The molecule has 4 aliphatic carbocycles. The summed E-state index contributed by atoms with van der Waals surface area (Å²) in [6.07, 6.45) is 11.4. The van der Waals surface area contributed by atoms with Gasteiger partial charge in [0.15, 0.2) is 6.29 Å². The molecule has 1 aromatic carbocycles. The summed E-state index contributed by atoms with van der Waals surface area (Å²) in [4.78, 5) is 43.1. The van der Waals surface area contributed by atoms with Crippen LogP contribution in [-0.4, -0.2) is 49.3 Å². The van der Waals surface area contributed by atoms with Crippen LogP contribution in [0.5, 0.6) is 0 Å². The number of amides is 1. The minimum atomic E-state index is -0.481. The number of hydrogen-bond acceptors (Lipinski definition) is 9. The Morgan fingerprint density at radius 3 is 2.24 bits per heavy atom. The maximum Gasteiger partial charge on any atom is 0.338 e. The van der Waals surface area contributed by atoms with Crippen molar-refractivity contribution >= 4 is 17.8 Å². The molecule has 10 nitrogen and oxygen atoms in total. The summed E-state index contributed by atoms with van der Waals surface area (Å²) in [6, 6.07) is 10.7. The Morgan fingerprint density at radius 2 is 1.56 bits per heavy atom. The van der Waals surface area contributed by atoms with Crippen molar-refractivity contribution in [1.82, 2.24) is 10.4 Å². The molecule has 10 atom stereocenters. The molecule has 10 heteroatoms. The monoisotopic (exact) mass is 689 g/mol. The van der Waals surface area contributed by atoms with Crippen LogP contribution in [0.1, 0.15) is 118 Å². The first-order chi connectivity index (χ1) is 24.0. The first-order valence-corrected chi connectivity index (χ1v) is 18.5. The number of aromatic nitrogens is 1. The molecule has 1 heterocycles. The summed E-state index contributed by atoms with van der Waals surface area (Å²) in [5.74, 6) is 7.10. The number of hydrazine groups is 1. The molecule has 1 aromatic heterocycles. The van der Waals surface area contributed by atoms with E-state index >= 15 is 0 Å². The second kappa shape index (κ2) is 15.1. The van der Waals surface area contributed by atoms with E-state index in [1.54, 1.807) is 50.9 Å². The number of pyridine rings is 1. The number of ether oxygens (including phenoxy) is 4. The van der Waals surface area contributed by atoms with Crippen LogP contribution in [0, 0.1) is 46.3 Å². The van der Waals surface area contributed by atoms with Crippen LogP contribution in [0.4, 0.5) is 0 Å². The number of hydrogen-bond donors (Lipinski definition) is 2. The number of benzene rings is 1. The maximum atomic E-state index is 13.7. The van der Waals surface area contributed by atoms with Crippen molar-refractivity contribution < 1.29 is 33.3 Å². The molecule has 2 aromatic rings. The molecule has 0 bridgehead atoms. The quantitative estimate of drug-likeness (QED) is 0.0858. The standard InChI is InChI=1S/C40H55N3O7/c1-24(6-15-35(44)43-41)31-13-14-32-30-12-11-28-22-29(49-36(45)25-7-9-27(10-8-25)38(47-4)48-5)16-19-39(28,2)33(30)23-34(40(31,32)3)50-37(46)26-17-20-42-21-18-26/h7-10,17-18,20-21,24,28-34,38H,6,11-16,19,22-23,41H2,1-5H3,(H,43,44)/t24-,28-,29-,30+,31-,32+,33+,34+,39+,40-/m1/s1. The summed E-state index contributed by atoms with van der Waals surface area (Å²) in [5.41, 5.74) is 4.03. The zero-order valence-corrected chi connectivity index (χ0v) is 30.3. The first kappa shape index (κ1) is 36.5. The number of nitrogens with zero attached hydrogens (tertiary/aromatic N) is 1. The smallest absolute Gasteiger partial charge is 0.338 e. The molecule has 0 saturated heterocycles. The Balaban J connectivity index is 1.19. The van der Waals surface area contributed by atoms with Crippen LogP contribution in [0.3, 0.4) is 0 Å². The molecule has 3 N–H and O–H groups in total. The average molecular weight is 690 g/mol. The third-order valence-electron chi connectivity index (χ3n) is 13.7. The molecule has 0 unspecified atom stereocenters. The van der Waals surface area contributed by atoms with Gasteiger partial charge in [-0.1, -0.05) is 32.9 Å². The van der Waals surface area contributed by atoms with Gasteiger partial charge >= 0.3 is 11.9 Å². The highest BCUT2D eigenvalue weighted by Gasteiger charge is 2.65.